The number of alkyl halides is 1. The molecular formula is C28H28FN. The van der Waals surface area contributed by atoms with Crippen LogP contribution in [0.5, 0.6) is 0 Å². The van der Waals surface area contributed by atoms with Crippen molar-refractivity contribution in [3.8, 4) is 22.3 Å². The Labute approximate surface area is 178 Å². The van der Waals surface area contributed by atoms with Gasteiger partial charge in [-0.05, 0) is 76.1 Å². The zero-order valence-electron chi connectivity index (χ0n) is 17.7. The molecule has 0 atom stereocenters. The highest BCUT2D eigenvalue weighted by Gasteiger charge is 2.10. The molecule has 0 radical (unpaired) electrons. The van der Waals surface area contributed by atoms with E-state index < -0.39 is 0 Å². The Morgan fingerprint density at radius 1 is 0.700 bits per heavy atom. The number of anilines is 1. The number of aryl methyl sites for hydroxylation is 1. The fourth-order valence-corrected chi connectivity index (χ4v) is 4.07. The number of unbranched alkanes of at least 4 members (excludes halogenated alkanes) is 1. The van der Waals surface area contributed by atoms with Crippen LogP contribution in [-0.2, 0) is 6.42 Å². The quantitative estimate of drug-likeness (QED) is 0.291. The number of hydrogen-bond donors (Lipinski definition) is 0. The molecule has 4 aromatic rings. The average molecular weight is 398 g/mol. The molecule has 0 saturated heterocycles. The second kappa shape index (κ2) is 9.13. The number of rotatable bonds is 7. The predicted octanol–water partition coefficient (Wildman–Crippen LogP) is 7.53. The van der Waals surface area contributed by atoms with Crippen molar-refractivity contribution in [1.82, 2.24) is 0 Å². The normalized spacial score (nSPS) is 11.0. The highest BCUT2D eigenvalue weighted by atomic mass is 19.1. The number of benzene rings is 4. The maximum atomic E-state index is 12.6. The monoisotopic (exact) mass is 397 g/mol. The van der Waals surface area contributed by atoms with Crippen LogP contribution < -0.4 is 4.90 Å². The standard InChI is InChI=1S/C28H28FN/c1-30(2)25-13-7-11-22(20-25)23-16-17-27-24(19-23)12-8-15-28(27)26-14-4-3-9-21(26)10-5-6-18-29/h3-4,7-9,11-17,19-20H,5-6,10,18H2,1-2H3. The van der Waals surface area contributed by atoms with Gasteiger partial charge >= 0.3 is 0 Å². The van der Waals surface area contributed by atoms with Crippen LogP contribution in [0.2, 0.25) is 0 Å². The van der Waals surface area contributed by atoms with Gasteiger partial charge in [-0.3, -0.25) is 4.39 Å². The molecule has 152 valence electrons. The van der Waals surface area contributed by atoms with E-state index in [1.807, 2.05) is 0 Å². The van der Waals surface area contributed by atoms with Gasteiger partial charge in [0.1, 0.15) is 0 Å². The zero-order valence-corrected chi connectivity index (χ0v) is 17.7. The third-order valence-corrected chi connectivity index (χ3v) is 5.71. The molecule has 0 aliphatic carbocycles. The molecule has 2 heteroatoms. The van der Waals surface area contributed by atoms with E-state index in [2.05, 4.69) is 104 Å². The first-order valence-electron chi connectivity index (χ1n) is 10.6. The van der Waals surface area contributed by atoms with E-state index in [9.17, 15) is 4.39 Å². The maximum Gasteiger partial charge on any atom is 0.0894 e. The van der Waals surface area contributed by atoms with E-state index in [1.165, 1.54) is 44.3 Å². The Kier molecular flexibility index (Phi) is 6.13. The Balaban J connectivity index is 1.76. The highest BCUT2D eigenvalue weighted by molar-refractivity contribution is 5.99. The Hall–Kier alpha value is -3.13. The topological polar surface area (TPSA) is 3.24 Å². The fraction of sp³-hybridized carbons (Fsp3) is 0.214. The van der Waals surface area contributed by atoms with Gasteiger partial charge in [-0.25, -0.2) is 0 Å². The van der Waals surface area contributed by atoms with Gasteiger partial charge in [-0.2, -0.15) is 0 Å². The lowest BCUT2D eigenvalue weighted by Crippen LogP contribution is -2.08. The van der Waals surface area contributed by atoms with E-state index in [-0.39, 0.29) is 6.67 Å². The lowest BCUT2D eigenvalue weighted by atomic mass is 9.91. The van der Waals surface area contributed by atoms with Crippen molar-refractivity contribution in [1.29, 1.82) is 0 Å². The molecular weight excluding hydrogens is 369 g/mol. The van der Waals surface area contributed by atoms with Crippen molar-refractivity contribution < 1.29 is 4.39 Å². The third kappa shape index (κ3) is 4.23. The minimum Gasteiger partial charge on any atom is -0.378 e. The van der Waals surface area contributed by atoms with E-state index in [4.69, 9.17) is 0 Å². The first-order chi connectivity index (χ1) is 14.7. The van der Waals surface area contributed by atoms with Crippen molar-refractivity contribution in [2.75, 3.05) is 25.7 Å². The largest absolute Gasteiger partial charge is 0.378 e. The van der Waals surface area contributed by atoms with Crippen LogP contribution >= 0.6 is 0 Å². The van der Waals surface area contributed by atoms with E-state index in [0.717, 1.165) is 12.8 Å². The molecule has 0 N–H and O–H groups in total. The molecule has 0 aliphatic rings. The lowest BCUT2D eigenvalue weighted by molar-refractivity contribution is 0.462. The number of fused-ring (bicyclic) bond motifs is 1. The lowest BCUT2D eigenvalue weighted by Gasteiger charge is -2.15. The van der Waals surface area contributed by atoms with Crippen molar-refractivity contribution in [2.45, 2.75) is 19.3 Å². The van der Waals surface area contributed by atoms with Crippen LogP contribution in [0.3, 0.4) is 0 Å². The van der Waals surface area contributed by atoms with Crippen LogP contribution in [0.4, 0.5) is 10.1 Å². The van der Waals surface area contributed by atoms with Crippen molar-refractivity contribution >= 4 is 16.5 Å². The minimum atomic E-state index is -0.242. The summed E-state index contributed by atoms with van der Waals surface area (Å²) in [6, 6.07) is 30.4. The summed E-state index contributed by atoms with van der Waals surface area (Å²) < 4.78 is 12.6. The SMILES string of the molecule is CN(C)c1cccc(-c2ccc3c(-c4ccccc4CCCCF)cccc3c2)c1. The summed E-state index contributed by atoms with van der Waals surface area (Å²) in [5, 5.41) is 2.49. The Morgan fingerprint density at radius 3 is 2.30 bits per heavy atom. The number of nitrogens with zero attached hydrogens (tertiary/aromatic N) is 1. The molecule has 0 bridgehead atoms. The first-order valence-corrected chi connectivity index (χ1v) is 10.6. The number of halogens is 1. The third-order valence-electron chi connectivity index (χ3n) is 5.71. The fourth-order valence-electron chi connectivity index (χ4n) is 4.07. The predicted molar refractivity (Wildman–Crippen MR) is 128 cm³/mol. The van der Waals surface area contributed by atoms with Crippen molar-refractivity contribution in [2.24, 2.45) is 0 Å². The summed E-state index contributed by atoms with van der Waals surface area (Å²) in [5.74, 6) is 0. The average Bonchev–Trinajstić information content (AvgIpc) is 2.79. The smallest absolute Gasteiger partial charge is 0.0894 e. The molecule has 0 amide bonds. The van der Waals surface area contributed by atoms with Crippen LogP contribution in [0.15, 0.2) is 84.9 Å². The second-order valence-corrected chi connectivity index (χ2v) is 7.99. The maximum absolute atomic E-state index is 12.6. The molecule has 0 spiro atoms. The molecule has 0 heterocycles. The van der Waals surface area contributed by atoms with Gasteiger partial charge in [-0.1, -0.05) is 66.7 Å². The minimum absolute atomic E-state index is 0.242. The summed E-state index contributed by atoms with van der Waals surface area (Å²) in [4.78, 5) is 2.13. The highest BCUT2D eigenvalue weighted by Crippen LogP contribution is 2.34. The number of hydrogen-bond acceptors (Lipinski definition) is 1. The Morgan fingerprint density at radius 2 is 1.47 bits per heavy atom. The van der Waals surface area contributed by atoms with Crippen LogP contribution in [0, 0.1) is 0 Å². The summed E-state index contributed by atoms with van der Waals surface area (Å²) in [5.41, 5.74) is 7.44. The molecule has 30 heavy (non-hydrogen) atoms. The van der Waals surface area contributed by atoms with E-state index >= 15 is 0 Å². The summed E-state index contributed by atoms with van der Waals surface area (Å²) in [6.45, 7) is -0.242. The summed E-state index contributed by atoms with van der Waals surface area (Å²) in [7, 11) is 4.13. The van der Waals surface area contributed by atoms with E-state index in [0.29, 0.717) is 6.42 Å². The van der Waals surface area contributed by atoms with Crippen LogP contribution in [0.25, 0.3) is 33.0 Å². The molecule has 4 aromatic carbocycles. The van der Waals surface area contributed by atoms with Crippen molar-refractivity contribution in [3.63, 3.8) is 0 Å². The van der Waals surface area contributed by atoms with Gasteiger partial charge in [-0.15, -0.1) is 0 Å². The Bertz CT molecular complexity index is 1150. The van der Waals surface area contributed by atoms with E-state index in [1.54, 1.807) is 0 Å². The van der Waals surface area contributed by atoms with Gasteiger partial charge in [0.2, 0.25) is 0 Å². The van der Waals surface area contributed by atoms with Gasteiger partial charge in [0.15, 0.2) is 0 Å². The zero-order chi connectivity index (χ0) is 20.9. The molecule has 0 aromatic heterocycles. The first kappa shape index (κ1) is 20.2. The van der Waals surface area contributed by atoms with Crippen LogP contribution in [0.1, 0.15) is 18.4 Å². The van der Waals surface area contributed by atoms with Crippen LogP contribution in [-0.4, -0.2) is 20.8 Å². The van der Waals surface area contributed by atoms with Gasteiger partial charge in [0.05, 0.1) is 6.67 Å². The molecule has 0 fully saturated rings. The molecule has 4 rings (SSSR count). The van der Waals surface area contributed by atoms with Gasteiger partial charge in [0.25, 0.3) is 0 Å². The summed E-state index contributed by atoms with van der Waals surface area (Å²) in [6.07, 6.45) is 2.41. The summed E-state index contributed by atoms with van der Waals surface area (Å²) >= 11 is 0. The van der Waals surface area contributed by atoms with Crippen molar-refractivity contribution in [3.05, 3.63) is 90.5 Å². The molecule has 1 nitrogen and oxygen atoms in total. The van der Waals surface area contributed by atoms with Gasteiger partial charge < -0.3 is 4.90 Å². The second-order valence-electron chi connectivity index (χ2n) is 7.99. The molecule has 0 saturated carbocycles. The molecule has 0 aliphatic heterocycles. The molecule has 0 unspecified atom stereocenters. The van der Waals surface area contributed by atoms with Gasteiger partial charge in [0, 0.05) is 19.8 Å².